The Morgan fingerprint density at radius 2 is 1.81 bits per heavy atom. The number of nitrogens with one attached hydrogen (secondary N) is 1. The Kier molecular flexibility index (Phi) is 7.99. The summed E-state index contributed by atoms with van der Waals surface area (Å²) < 4.78 is 54.3. The quantitative estimate of drug-likeness (QED) is 0.286. The molecule has 1 amide bonds. The number of rotatable bonds is 5. The molecule has 48 heavy (non-hydrogen) atoms. The van der Waals surface area contributed by atoms with Crippen molar-refractivity contribution >= 4 is 55.3 Å². The maximum atomic E-state index is 16.9. The van der Waals surface area contributed by atoms with Crippen LogP contribution in [0.3, 0.4) is 0 Å². The van der Waals surface area contributed by atoms with Crippen LogP contribution >= 0.6 is 11.6 Å². The Labute approximate surface area is 283 Å². The van der Waals surface area contributed by atoms with Gasteiger partial charge in [0.1, 0.15) is 23.0 Å². The molecule has 1 N–H and O–H groups in total. The van der Waals surface area contributed by atoms with E-state index in [9.17, 15) is 13.2 Å². The molecule has 3 fully saturated rings. The zero-order valence-electron chi connectivity index (χ0n) is 27.6. The minimum atomic E-state index is -3.31. The molecule has 2 aromatic carbocycles. The van der Waals surface area contributed by atoms with E-state index in [4.69, 9.17) is 26.1 Å². The number of ether oxygens (including phenoxy) is 2. The number of halogens is 2. The number of piperidine rings is 1. The number of benzene rings is 2. The number of aromatic nitrogens is 4. The summed E-state index contributed by atoms with van der Waals surface area (Å²) in [6.45, 7) is 10.4. The summed E-state index contributed by atoms with van der Waals surface area (Å²) in [6, 6.07) is 5.52. The summed E-state index contributed by atoms with van der Waals surface area (Å²) in [5.41, 5.74) is 1.77. The van der Waals surface area contributed by atoms with Crippen molar-refractivity contribution in [3.8, 4) is 17.1 Å². The molecule has 3 saturated heterocycles. The van der Waals surface area contributed by atoms with Gasteiger partial charge in [-0.3, -0.25) is 5.10 Å². The molecule has 0 aliphatic carbocycles. The molecule has 5 heterocycles. The van der Waals surface area contributed by atoms with Gasteiger partial charge in [0.2, 0.25) is 10.0 Å². The molecule has 256 valence electrons. The molecule has 4 aromatic rings. The number of fused-ring (bicyclic) bond motifs is 2. The number of aryl methyl sites for hydroxylation is 1. The lowest BCUT2D eigenvalue weighted by molar-refractivity contribution is -0.0266. The number of anilines is 1. The highest BCUT2D eigenvalue weighted by Crippen LogP contribution is 2.46. The first kappa shape index (κ1) is 32.8. The Bertz CT molecular complexity index is 2040. The molecule has 2 aromatic heterocycles. The van der Waals surface area contributed by atoms with E-state index in [1.54, 1.807) is 17.2 Å². The molecule has 0 unspecified atom stereocenters. The predicted molar refractivity (Wildman–Crippen MR) is 181 cm³/mol. The second-order valence-corrected chi connectivity index (χ2v) is 16.7. The van der Waals surface area contributed by atoms with Crippen LogP contribution in [0.5, 0.6) is 6.01 Å². The van der Waals surface area contributed by atoms with Gasteiger partial charge in [-0.1, -0.05) is 17.7 Å². The number of likely N-dealkylation sites (tertiary alicyclic amines) is 1. The average molecular weight is 700 g/mol. The Morgan fingerprint density at radius 3 is 2.50 bits per heavy atom. The van der Waals surface area contributed by atoms with Crippen molar-refractivity contribution in [3.63, 3.8) is 0 Å². The van der Waals surface area contributed by atoms with Gasteiger partial charge in [0.05, 0.1) is 23.0 Å². The normalized spacial score (nSPS) is 19.0. The highest BCUT2D eigenvalue weighted by Gasteiger charge is 2.51. The predicted octanol–water partition coefficient (Wildman–Crippen LogP) is 5.52. The zero-order valence-corrected chi connectivity index (χ0v) is 29.2. The zero-order chi connectivity index (χ0) is 34.2. The van der Waals surface area contributed by atoms with Crippen LogP contribution in [0.4, 0.5) is 15.0 Å². The van der Waals surface area contributed by atoms with Gasteiger partial charge in [-0.15, -0.1) is 0 Å². The van der Waals surface area contributed by atoms with Crippen molar-refractivity contribution in [1.29, 1.82) is 0 Å². The van der Waals surface area contributed by atoms with Crippen molar-refractivity contribution < 1.29 is 27.1 Å². The SMILES string of the molecule is Cc1ccc2[nH]ncc2c1-c1c(Cl)cc2c(N3CCC4(CN(C(=O)OC(C)(C)C)C4)C3)nc(OC3CCN(S(C)(=O)=O)CC3)nc2c1F. The van der Waals surface area contributed by atoms with E-state index in [-0.39, 0.29) is 39.7 Å². The third-order valence-corrected chi connectivity index (χ3v) is 11.1. The van der Waals surface area contributed by atoms with Crippen LogP contribution in [0, 0.1) is 18.2 Å². The number of carbonyl (C=O) groups is 1. The summed E-state index contributed by atoms with van der Waals surface area (Å²) in [5, 5.41) is 8.52. The minimum Gasteiger partial charge on any atom is -0.460 e. The van der Waals surface area contributed by atoms with E-state index in [0.717, 1.165) is 22.9 Å². The van der Waals surface area contributed by atoms with Crippen LogP contribution in [0.1, 0.15) is 45.6 Å². The first-order valence-corrected chi connectivity index (χ1v) is 18.3. The van der Waals surface area contributed by atoms with Gasteiger partial charge in [-0.2, -0.15) is 15.1 Å². The van der Waals surface area contributed by atoms with Crippen molar-refractivity contribution in [2.45, 2.75) is 58.7 Å². The summed E-state index contributed by atoms with van der Waals surface area (Å²) in [6.07, 6.45) is 3.89. The minimum absolute atomic E-state index is 0.0191. The monoisotopic (exact) mass is 699 g/mol. The van der Waals surface area contributed by atoms with E-state index in [1.165, 1.54) is 10.6 Å². The summed E-state index contributed by atoms with van der Waals surface area (Å²) in [5.74, 6) is -0.0925. The number of carbonyl (C=O) groups excluding carboxylic acids is 1. The molecule has 0 atom stereocenters. The van der Waals surface area contributed by atoms with Crippen molar-refractivity contribution in [1.82, 2.24) is 29.4 Å². The molecule has 15 heteroatoms. The highest BCUT2D eigenvalue weighted by molar-refractivity contribution is 7.88. The third kappa shape index (κ3) is 6.02. The lowest BCUT2D eigenvalue weighted by atomic mass is 9.79. The van der Waals surface area contributed by atoms with E-state index in [1.807, 2.05) is 39.8 Å². The fraction of sp³-hybridized carbons (Fsp3) is 0.515. The number of hydrogen-bond acceptors (Lipinski definition) is 9. The molecule has 0 saturated carbocycles. The van der Waals surface area contributed by atoms with Crippen LogP contribution in [0.25, 0.3) is 32.9 Å². The third-order valence-electron chi connectivity index (χ3n) is 9.51. The van der Waals surface area contributed by atoms with Crippen LogP contribution in [0.2, 0.25) is 5.02 Å². The van der Waals surface area contributed by atoms with Crippen molar-refractivity contribution in [2.75, 3.05) is 50.4 Å². The van der Waals surface area contributed by atoms with Gasteiger partial charge in [-0.25, -0.2) is 21.9 Å². The van der Waals surface area contributed by atoms with Crippen molar-refractivity contribution in [3.05, 3.63) is 40.8 Å². The number of hydrogen-bond donors (Lipinski definition) is 1. The largest absolute Gasteiger partial charge is 0.460 e. The molecule has 1 spiro atoms. The fourth-order valence-corrected chi connectivity index (χ4v) is 8.33. The average Bonchev–Trinajstić information content (AvgIpc) is 3.65. The van der Waals surface area contributed by atoms with Gasteiger partial charge in [-0.05, 0) is 64.7 Å². The summed E-state index contributed by atoms with van der Waals surface area (Å²) in [7, 11) is -3.31. The maximum Gasteiger partial charge on any atom is 0.410 e. The molecular weight excluding hydrogens is 661 g/mol. The molecule has 3 aliphatic heterocycles. The molecule has 3 aliphatic rings. The number of amides is 1. The van der Waals surface area contributed by atoms with Gasteiger partial charge in [0.15, 0.2) is 5.82 Å². The van der Waals surface area contributed by atoms with Crippen LogP contribution in [-0.2, 0) is 14.8 Å². The fourth-order valence-electron chi connectivity index (χ4n) is 7.16. The number of sulfonamides is 1. The Morgan fingerprint density at radius 1 is 1.08 bits per heavy atom. The number of aromatic amines is 1. The van der Waals surface area contributed by atoms with Gasteiger partial charge in [0, 0.05) is 66.6 Å². The van der Waals surface area contributed by atoms with E-state index in [2.05, 4.69) is 20.1 Å². The molecule has 7 rings (SSSR count). The second-order valence-electron chi connectivity index (χ2n) is 14.3. The van der Waals surface area contributed by atoms with Crippen molar-refractivity contribution in [2.24, 2.45) is 5.41 Å². The smallest absolute Gasteiger partial charge is 0.410 e. The molecule has 0 bridgehead atoms. The molecular formula is C33H39ClFN7O5S. The van der Waals surface area contributed by atoms with Gasteiger partial charge in [0.25, 0.3) is 0 Å². The maximum absolute atomic E-state index is 16.9. The molecule has 0 radical (unpaired) electrons. The Hall–Kier alpha value is -3.75. The van der Waals surface area contributed by atoms with Crippen LogP contribution in [-0.4, -0.2) is 101 Å². The van der Waals surface area contributed by atoms with Gasteiger partial charge >= 0.3 is 12.1 Å². The summed E-state index contributed by atoms with van der Waals surface area (Å²) in [4.78, 5) is 25.9. The first-order chi connectivity index (χ1) is 22.6. The lowest BCUT2D eigenvalue weighted by Gasteiger charge is -2.47. The lowest BCUT2D eigenvalue weighted by Crippen LogP contribution is -2.60. The second kappa shape index (κ2) is 11.7. The van der Waals surface area contributed by atoms with E-state index in [0.29, 0.717) is 68.9 Å². The first-order valence-electron chi connectivity index (χ1n) is 16.1. The highest BCUT2D eigenvalue weighted by atomic mass is 35.5. The van der Waals surface area contributed by atoms with E-state index >= 15 is 4.39 Å². The standard InChI is InChI=1S/C33H39ClFN7O5S/c1-19-6-7-24-22(15-36-39-24)25(19)26-23(34)14-21-28(27(26)35)37-30(46-20-8-11-42(12-9-20)48(5,44)45)38-29(21)40-13-10-33(16-40)17-41(18-33)31(43)47-32(2,3)4/h6-7,14-15,20H,8-13,16-18H2,1-5H3,(H,36,39). The summed E-state index contributed by atoms with van der Waals surface area (Å²) >= 11 is 6.92. The van der Waals surface area contributed by atoms with E-state index < -0.39 is 21.4 Å². The van der Waals surface area contributed by atoms with Crippen LogP contribution < -0.4 is 9.64 Å². The Balaban J connectivity index is 1.26. The molecule has 12 nitrogen and oxygen atoms in total. The topological polar surface area (TPSA) is 134 Å². The van der Waals surface area contributed by atoms with Gasteiger partial charge < -0.3 is 19.3 Å². The number of nitrogens with zero attached hydrogens (tertiary/aromatic N) is 6. The number of H-pyrrole nitrogens is 1. The van der Waals surface area contributed by atoms with Crippen LogP contribution in [0.15, 0.2) is 24.4 Å².